The van der Waals surface area contributed by atoms with Crippen LogP contribution in [0, 0.1) is 0 Å². The molecule has 1 atom stereocenters. The third-order valence-corrected chi connectivity index (χ3v) is 3.59. The van der Waals surface area contributed by atoms with Crippen molar-refractivity contribution in [1.29, 1.82) is 0 Å². The first-order chi connectivity index (χ1) is 10.6. The Labute approximate surface area is 130 Å². The summed E-state index contributed by atoms with van der Waals surface area (Å²) in [6.45, 7) is 2.63. The van der Waals surface area contributed by atoms with Gasteiger partial charge >= 0.3 is 5.97 Å². The van der Waals surface area contributed by atoms with Crippen molar-refractivity contribution in [3.05, 3.63) is 59.7 Å². The molecule has 0 aromatic heterocycles. The van der Waals surface area contributed by atoms with E-state index in [4.69, 9.17) is 9.84 Å². The van der Waals surface area contributed by atoms with Crippen LogP contribution in [-0.2, 0) is 11.3 Å². The number of hydrogen-bond donors (Lipinski definition) is 2. The van der Waals surface area contributed by atoms with Gasteiger partial charge in [-0.3, -0.25) is 4.79 Å². The Hall–Kier alpha value is -2.49. The Morgan fingerprint density at radius 1 is 1.23 bits per heavy atom. The van der Waals surface area contributed by atoms with E-state index in [9.17, 15) is 4.79 Å². The predicted octanol–water partition coefficient (Wildman–Crippen LogP) is 3.89. The van der Waals surface area contributed by atoms with Crippen LogP contribution in [0.1, 0.15) is 30.4 Å². The number of ether oxygens (including phenoxy) is 1. The molecule has 4 nitrogen and oxygen atoms in total. The number of methoxy groups -OCH3 is 1. The lowest BCUT2D eigenvalue weighted by Crippen LogP contribution is -2.03. The van der Waals surface area contributed by atoms with Gasteiger partial charge in [0, 0.05) is 12.2 Å². The van der Waals surface area contributed by atoms with Crippen LogP contribution >= 0.6 is 0 Å². The molecule has 0 bridgehead atoms. The molecule has 2 aromatic carbocycles. The van der Waals surface area contributed by atoms with Crippen LogP contribution in [0.15, 0.2) is 48.5 Å². The van der Waals surface area contributed by atoms with Crippen LogP contribution in [0.4, 0.5) is 5.69 Å². The molecule has 0 aliphatic carbocycles. The summed E-state index contributed by atoms with van der Waals surface area (Å²) in [5.41, 5.74) is 3.19. The van der Waals surface area contributed by atoms with Gasteiger partial charge in [-0.1, -0.05) is 31.2 Å². The molecule has 0 aliphatic rings. The Morgan fingerprint density at radius 3 is 2.59 bits per heavy atom. The molecule has 0 amide bonds. The van der Waals surface area contributed by atoms with Gasteiger partial charge in [0.15, 0.2) is 0 Å². The van der Waals surface area contributed by atoms with Crippen molar-refractivity contribution in [1.82, 2.24) is 0 Å². The predicted molar refractivity (Wildman–Crippen MR) is 87.4 cm³/mol. The maximum absolute atomic E-state index is 10.7. The Kier molecular flexibility index (Phi) is 5.42. The van der Waals surface area contributed by atoms with Crippen molar-refractivity contribution in [2.24, 2.45) is 0 Å². The lowest BCUT2D eigenvalue weighted by Gasteiger charge is -2.11. The topological polar surface area (TPSA) is 58.6 Å². The summed E-state index contributed by atoms with van der Waals surface area (Å²) in [5, 5.41) is 12.2. The molecule has 0 saturated carbocycles. The third kappa shape index (κ3) is 4.52. The van der Waals surface area contributed by atoms with E-state index in [1.165, 1.54) is 0 Å². The summed E-state index contributed by atoms with van der Waals surface area (Å²) in [5.74, 6) is 0.0924. The normalized spacial score (nSPS) is 11.7. The van der Waals surface area contributed by atoms with E-state index in [1.54, 1.807) is 7.11 Å². The van der Waals surface area contributed by atoms with Gasteiger partial charge in [0.2, 0.25) is 0 Å². The molecular weight excluding hydrogens is 278 g/mol. The summed E-state index contributed by atoms with van der Waals surface area (Å²) in [7, 11) is 1.66. The molecule has 2 rings (SSSR count). The minimum atomic E-state index is -0.771. The van der Waals surface area contributed by atoms with Gasteiger partial charge in [-0.2, -0.15) is 0 Å². The Balaban J connectivity index is 1.94. The maximum atomic E-state index is 10.7. The highest BCUT2D eigenvalue weighted by molar-refractivity contribution is 5.68. The highest BCUT2D eigenvalue weighted by atomic mass is 16.5. The second-order valence-electron chi connectivity index (χ2n) is 5.33. The molecule has 0 aliphatic heterocycles. The highest BCUT2D eigenvalue weighted by Gasteiger charge is 2.09. The number of anilines is 1. The monoisotopic (exact) mass is 299 g/mol. The molecule has 4 heteroatoms. The van der Waals surface area contributed by atoms with E-state index in [0.29, 0.717) is 6.54 Å². The van der Waals surface area contributed by atoms with Crippen molar-refractivity contribution < 1.29 is 14.6 Å². The van der Waals surface area contributed by atoms with Crippen LogP contribution in [0.25, 0.3) is 0 Å². The second kappa shape index (κ2) is 7.50. The maximum Gasteiger partial charge on any atom is 0.303 e. The molecule has 22 heavy (non-hydrogen) atoms. The molecule has 0 fully saturated rings. The fourth-order valence-corrected chi connectivity index (χ4v) is 2.30. The van der Waals surface area contributed by atoms with E-state index >= 15 is 0 Å². The van der Waals surface area contributed by atoms with Crippen molar-refractivity contribution in [3.8, 4) is 5.75 Å². The minimum Gasteiger partial charge on any atom is -0.497 e. The van der Waals surface area contributed by atoms with E-state index in [1.807, 2.05) is 55.5 Å². The standard InChI is InChI=1S/C18H21NO3/c1-13(10-18(20)21)15-6-8-16(9-7-15)19-12-14-4-3-5-17(11-14)22-2/h3-9,11,13,19H,10,12H2,1-2H3,(H,20,21). The first-order valence-electron chi connectivity index (χ1n) is 7.27. The molecule has 116 valence electrons. The van der Waals surface area contributed by atoms with E-state index < -0.39 is 5.97 Å². The fourth-order valence-electron chi connectivity index (χ4n) is 2.30. The van der Waals surface area contributed by atoms with Crippen LogP contribution in [0.2, 0.25) is 0 Å². The zero-order chi connectivity index (χ0) is 15.9. The summed E-state index contributed by atoms with van der Waals surface area (Å²) in [6, 6.07) is 15.8. The molecule has 0 spiro atoms. The lowest BCUT2D eigenvalue weighted by atomic mass is 9.98. The smallest absolute Gasteiger partial charge is 0.303 e. The number of aliphatic carboxylic acids is 1. The van der Waals surface area contributed by atoms with Crippen LogP contribution in [-0.4, -0.2) is 18.2 Å². The van der Waals surface area contributed by atoms with E-state index in [0.717, 1.165) is 22.6 Å². The fraction of sp³-hybridized carbons (Fsp3) is 0.278. The first-order valence-corrected chi connectivity index (χ1v) is 7.27. The Bertz CT molecular complexity index is 622. The molecule has 1 unspecified atom stereocenters. The zero-order valence-corrected chi connectivity index (χ0v) is 12.9. The average Bonchev–Trinajstić information content (AvgIpc) is 2.53. The number of rotatable bonds is 7. The summed E-state index contributed by atoms with van der Waals surface area (Å²) in [4.78, 5) is 10.7. The van der Waals surface area contributed by atoms with E-state index in [-0.39, 0.29) is 12.3 Å². The molecule has 0 heterocycles. The van der Waals surface area contributed by atoms with Gasteiger partial charge in [0.05, 0.1) is 13.5 Å². The van der Waals surface area contributed by atoms with Gasteiger partial charge in [0.25, 0.3) is 0 Å². The molecule has 0 radical (unpaired) electrons. The van der Waals surface area contributed by atoms with E-state index in [2.05, 4.69) is 5.32 Å². The minimum absolute atomic E-state index is 0.0185. The first kappa shape index (κ1) is 15.9. The van der Waals surface area contributed by atoms with Crippen molar-refractivity contribution in [3.63, 3.8) is 0 Å². The average molecular weight is 299 g/mol. The number of carboxylic acid groups (broad SMARTS) is 1. The number of carbonyl (C=O) groups is 1. The van der Waals surface area contributed by atoms with Gasteiger partial charge in [-0.05, 0) is 41.3 Å². The summed E-state index contributed by atoms with van der Waals surface area (Å²) < 4.78 is 5.20. The number of carboxylic acids is 1. The molecule has 2 aromatic rings. The van der Waals surface area contributed by atoms with Gasteiger partial charge in [0.1, 0.15) is 5.75 Å². The molecular formula is C18H21NO3. The van der Waals surface area contributed by atoms with Gasteiger partial charge in [-0.15, -0.1) is 0 Å². The van der Waals surface area contributed by atoms with Crippen LogP contribution in [0.3, 0.4) is 0 Å². The van der Waals surface area contributed by atoms with Gasteiger partial charge < -0.3 is 15.2 Å². The highest BCUT2D eigenvalue weighted by Crippen LogP contribution is 2.21. The lowest BCUT2D eigenvalue weighted by molar-refractivity contribution is -0.137. The molecule has 2 N–H and O–H groups in total. The number of benzene rings is 2. The zero-order valence-electron chi connectivity index (χ0n) is 12.9. The van der Waals surface area contributed by atoms with Crippen molar-refractivity contribution >= 4 is 11.7 Å². The van der Waals surface area contributed by atoms with Crippen LogP contribution < -0.4 is 10.1 Å². The number of nitrogens with one attached hydrogen (secondary N) is 1. The third-order valence-electron chi connectivity index (χ3n) is 3.59. The molecule has 0 saturated heterocycles. The summed E-state index contributed by atoms with van der Waals surface area (Å²) >= 11 is 0. The summed E-state index contributed by atoms with van der Waals surface area (Å²) in [6.07, 6.45) is 0.149. The van der Waals surface area contributed by atoms with Crippen molar-refractivity contribution in [2.45, 2.75) is 25.8 Å². The SMILES string of the molecule is COc1cccc(CNc2ccc(C(C)CC(=O)O)cc2)c1. The Morgan fingerprint density at radius 2 is 1.95 bits per heavy atom. The van der Waals surface area contributed by atoms with Crippen LogP contribution in [0.5, 0.6) is 5.75 Å². The largest absolute Gasteiger partial charge is 0.497 e. The van der Waals surface area contributed by atoms with Gasteiger partial charge in [-0.25, -0.2) is 0 Å². The second-order valence-corrected chi connectivity index (χ2v) is 5.33. The quantitative estimate of drug-likeness (QED) is 0.814. The number of hydrogen-bond acceptors (Lipinski definition) is 3. The van der Waals surface area contributed by atoms with Crippen molar-refractivity contribution in [2.75, 3.05) is 12.4 Å².